The Bertz CT molecular complexity index is 315. The van der Waals surface area contributed by atoms with Crippen molar-refractivity contribution in [3.05, 3.63) is 24.3 Å². The Labute approximate surface area is 88.1 Å². The zero-order chi connectivity index (χ0) is 10.4. The van der Waals surface area contributed by atoms with Crippen LogP contribution < -0.4 is 11.1 Å². The highest BCUT2D eigenvalue weighted by Gasteiger charge is 2.02. The van der Waals surface area contributed by atoms with E-state index in [0.717, 1.165) is 16.3 Å². The minimum Gasteiger partial charge on any atom is -0.330 e. The Morgan fingerprint density at radius 3 is 2.86 bits per heavy atom. The van der Waals surface area contributed by atoms with Crippen LogP contribution >= 0.6 is 11.8 Å². The molecule has 0 aliphatic rings. The number of nitrogens with one attached hydrogen (secondary N) is 1. The summed E-state index contributed by atoms with van der Waals surface area (Å²) in [5.74, 6) is 0.808. The summed E-state index contributed by atoms with van der Waals surface area (Å²) < 4.78 is 0. The summed E-state index contributed by atoms with van der Waals surface area (Å²) in [4.78, 5) is 12.0. The molecule has 76 valence electrons. The molecule has 0 aliphatic heterocycles. The summed E-state index contributed by atoms with van der Waals surface area (Å²) in [6.45, 7) is 2.14. The van der Waals surface area contributed by atoms with Gasteiger partial charge in [0.2, 0.25) is 5.91 Å². The third-order valence-electron chi connectivity index (χ3n) is 1.57. The van der Waals surface area contributed by atoms with Gasteiger partial charge in [-0.1, -0.05) is 12.1 Å². The molecule has 0 unspecified atom stereocenters. The van der Waals surface area contributed by atoms with Crippen LogP contribution in [0.25, 0.3) is 0 Å². The molecule has 14 heavy (non-hydrogen) atoms. The van der Waals surface area contributed by atoms with E-state index in [1.807, 2.05) is 24.3 Å². The molecule has 0 atom stereocenters. The molecule has 0 bridgehead atoms. The SMILES string of the molecule is CC(=O)Nc1ccccc1SCCN. The first-order valence-electron chi connectivity index (χ1n) is 4.43. The molecule has 3 nitrogen and oxygen atoms in total. The number of amides is 1. The maximum Gasteiger partial charge on any atom is 0.221 e. The van der Waals surface area contributed by atoms with Crippen LogP contribution in [0.5, 0.6) is 0 Å². The highest BCUT2D eigenvalue weighted by atomic mass is 32.2. The van der Waals surface area contributed by atoms with Crippen molar-refractivity contribution in [2.24, 2.45) is 5.73 Å². The molecule has 0 radical (unpaired) electrons. The minimum absolute atomic E-state index is 0.0502. The summed E-state index contributed by atoms with van der Waals surface area (Å²) in [7, 11) is 0. The van der Waals surface area contributed by atoms with Crippen LogP contribution in [0.1, 0.15) is 6.92 Å². The lowest BCUT2D eigenvalue weighted by Gasteiger charge is -2.08. The Kier molecular flexibility index (Phi) is 4.49. The Morgan fingerprint density at radius 1 is 1.50 bits per heavy atom. The van der Waals surface area contributed by atoms with Crippen LogP contribution in [0.3, 0.4) is 0 Å². The highest BCUT2D eigenvalue weighted by Crippen LogP contribution is 2.26. The summed E-state index contributed by atoms with van der Waals surface area (Å²) in [6, 6.07) is 7.72. The number of anilines is 1. The predicted octanol–water partition coefficient (Wildman–Crippen LogP) is 1.70. The van der Waals surface area contributed by atoms with Gasteiger partial charge in [-0.15, -0.1) is 11.8 Å². The maximum absolute atomic E-state index is 10.9. The van der Waals surface area contributed by atoms with Crippen LogP contribution in [0.2, 0.25) is 0 Å². The van der Waals surface area contributed by atoms with Crippen LogP contribution in [0.4, 0.5) is 5.69 Å². The molecule has 0 fully saturated rings. The molecule has 0 spiro atoms. The predicted molar refractivity (Wildman–Crippen MR) is 60.5 cm³/mol. The van der Waals surface area contributed by atoms with E-state index in [-0.39, 0.29) is 5.91 Å². The van der Waals surface area contributed by atoms with Gasteiger partial charge < -0.3 is 11.1 Å². The third-order valence-corrected chi connectivity index (χ3v) is 2.68. The molecule has 0 saturated heterocycles. The van der Waals surface area contributed by atoms with Gasteiger partial charge in [0, 0.05) is 24.1 Å². The second-order valence-corrected chi connectivity index (χ2v) is 3.95. The first kappa shape index (κ1) is 11.1. The molecular weight excluding hydrogens is 196 g/mol. The van der Waals surface area contributed by atoms with E-state index in [2.05, 4.69) is 5.32 Å². The largest absolute Gasteiger partial charge is 0.330 e. The minimum atomic E-state index is -0.0502. The quantitative estimate of drug-likeness (QED) is 0.744. The molecule has 0 heterocycles. The number of hydrogen-bond donors (Lipinski definition) is 2. The zero-order valence-electron chi connectivity index (χ0n) is 8.12. The van der Waals surface area contributed by atoms with E-state index < -0.39 is 0 Å². The summed E-state index contributed by atoms with van der Waals surface area (Å²) in [5.41, 5.74) is 6.28. The number of thioether (sulfide) groups is 1. The lowest BCUT2D eigenvalue weighted by molar-refractivity contribution is -0.114. The lowest BCUT2D eigenvalue weighted by atomic mass is 10.3. The van der Waals surface area contributed by atoms with Gasteiger partial charge in [0.15, 0.2) is 0 Å². The van der Waals surface area contributed by atoms with Gasteiger partial charge in [0.1, 0.15) is 0 Å². The van der Waals surface area contributed by atoms with Crippen molar-refractivity contribution in [3.8, 4) is 0 Å². The lowest BCUT2D eigenvalue weighted by Crippen LogP contribution is -2.07. The van der Waals surface area contributed by atoms with E-state index in [0.29, 0.717) is 6.54 Å². The van der Waals surface area contributed by atoms with Crippen LogP contribution in [-0.4, -0.2) is 18.2 Å². The second kappa shape index (κ2) is 5.67. The highest BCUT2D eigenvalue weighted by molar-refractivity contribution is 7.99. The van der Waals surface area contributed by atoms with Crippen LogP contribution in [0, 0.1) is 0 Å². The number of nitrogens with two attached hydrogens (primary N) is 1. The molecule has 0 aliphatic carbocycles. The Balaban J connectivity index is 2.74. The zero-order valence-corrected chi connectivity index (χ0v) is 8.93. The molecule has 1 aromatic rings. The van der Waals surface area contributed by atoms with Crippen molar-refractivity contribution in [2.75, 3.05) is 17.6 Å². The summed E-state index contributed by atoms with van der Waals surface area (Å²) in [6.07, 6.45) is 0. The monoisotopic (exact) mass is 210 g/mol. The average molecular weight is 210 g/mol. The van der Waals surface area contributed by atoms with Crippen LogP contribution in [-0.2, 0) is 4.79 Å². The first-order valence-corrected chi connectivity index (χ1v) is 5.42. The summed E-state index contributed by atoms with van der Waals surface area (Å²) >= 11 is 1.65. The van der Waals surface area contributed by atoms with Gasteiger partial charge in [-0.05, 0) is 12.1 Å². The number of para-hydroxylation sites is 1. The molecule has 0 saturated carbocycles. The fraction of sp³-hybridized carbons (Fsp3) is 0.300. The van der Waals surface area contributed by atoms with E-state index >= 15 is 0 Å². The molecule has 1 rings (SSSR count). The van der Waals surface area contributed by atoms with Crippen molar-refractivity contribution in [1.29, 1.82) is 0 Å². The topological polar surface area (TPSA) is 55.1 Å². The van der Waals surface area contributed by atoms with Gasteiger partial charge >= 0.3 is 0 Å². The van der Waals surface area contributed by atoms with Crippen molar-refractivity contribution in [2.45, 2.75) is 11.8 Å². The van der Waals surface area contributed by atoms with Gasteiger partial charge in [-0.2, -0.15) is 0 Å². The molecule has 3 N–H and O–H groups in total. The second-order valence-electron chi connectivity index (χ2n) is 2.81. The van der Waals surface area contributed by atoms with Gasteiger partial charge in [-0.3, -0.25) is 4.79 Å². The van der Waals surface area contributed by atoms with Crippen molar-refractivity contribution < 1.29 is 4.79 Å². The maximum atomic E-state index is 10.9. The normalized spacial score (nSPS) is 9.86. The molecule has 1 amide bonds. The Hall–Kier alpha value is -1.00. The van der Waals surface area contributed by atoms with Gasteiger partial charge in [-0.25, -0.2) is 0 Å². The van der Waals surface area contributed by atoms with Gasteiger partial charge in [0.25, 0.3) is 0 Å². The average Bonchev–Trinajstić information content (AvgIpc) is 2.16. The third kappa shape index (κ3) is 3.40. The fourth-order valence-electron chi connectivity index (χ4n) is 1.05. The van der Waals surface area contributed by atoms with Crippen molar-refractivity contribution in [1.82, 2.24) is 0 Å². The molecule has 4 heteroatoms. The molecule has 1 aromatic carbocycles. The number of rotatable bonds is 4. The summed E-state index contributed by atoms with van der Waals surface area (Å²) in [5, 5.41) is 2.78. The van der Waals surface area contributed by atoms with Crippen LogP contribution in [0.15, 0.2) is 29.2 Å². The Morgan fingerprint density at radius 2 is 2.21 bits per heavy atom. The number of hydrogen-bond acceptors (Lipinski definition) is 3. The molecule has 0 aromatic heterocycles. The van der Waals surface area contributed by atoms with Crippen molar-refractivity contribution >= 4 is 23.4 Å². The number of benzene rings is 1. The first-order chi connectivity index (χ1) is 6.74. The number of carbonyl (C=O) groups excluding carboxylic acids is 1. The standard InChI is InChI=1S/C10H14N2OS/c1-8(13)12-9-4-2-3-5-10(9)14-7-6-11/h2-5H,6-7,11H2,1H3,(H,12,13). The van der Waals surface area contributed by atoms with E-state index in [1.54, 1.807) is 11.8 Å². The van der Waals surface area contributed by atoms with E-state index in [9.17, 15) is 4.79 Å². The van der Waals surface area contributed by atoms with E-state index in [1.165, 1.54) is 6.92 Å². The molecular formula is C10H14N2OS. The van der Waals surface area contributed by atoms with Gasteiger partial charge in [0.05, 0.1) is 5.69 Å². The number of carbonyl (C=O) groups is 1. The van der Waals surface area contributed by atoms with Crippen molar-refractivity contribution in [3.63, 3.8) is 0 Å². The smallest absolute Gasteiger partial charge is 0.221 e. The fourth-order valence-corrected chi connectivity index (χ4v) is 1.84. The van der Waals surface area contributed by atoms with E-state index in [4.69, 9.17) is 5.73 Å².